The monoisotopic (exact) mass is 214 g/mol. The van der Waals surface area contributed by atoms with Gasteiger partial charge in [0.25, 0.3) is 0 Å². The summed E-state index contributed by atoms with van der Waals surface area (Å²) in [5, 5.41) is 13.7. The quantitative estimate of drug-likeness (QED) is 0.657. The van der Waals surface area contributed by atoms with Crippen molar-refractivity contribution in [2.75, 3.05) is 13.1 Å². The van der Waals surface area contributed by atoms with Crippen LogP contribution in [0.3, 0.4) is 0 Å². The topological polar surface area (TPSA) is 58.3 Å². The minimum absolute atomic E-state index is 0.223. The fourth-order valence-corrected chi connectivity index (χ4v) is 2.45. The van der Waals surface area contributed by atoms with Crippen LogP contribution in [0.15, 0.2) is 0 Å². The van der Waals surface area contributed by atoms with Crippen LogP contribution in [0.4, 0.5) is 0 Å². The number of aliphatic hydroxyl groups excluding tert-OH is 1. The minimum atomic E-state index is -0.284. The van der Waals surface area contributed by atoms with Crippen molar-refractivity contribution in [1.82, 2.24) is 5.32 Å². The molecule has 90 valence electrons. The van der Waals surface area contributed by atoms with Crippen LogP contribution in [0.2, 0.25) is 0 Å². The Labute approximate surface area is 93.4 Å². The van der Waals surface area contributed by atoms with Crippen LogP contribution in [0.5, 0.6) is 0 Å². The molecule has 1 rings (SSSR count). The normalized spacial score (nSPS) is 27.4. The first kappa shape index (κ1) is 12.9. The third kappa shape index (κ3) is 3.74. The van der Waals surface area contributed by atoms with E-state index in [0.717, 1.165) is 13.0 Å². The van der Waals surface area contributed by atoms with Crippen molar-refractivity contribution >= 4 is 0 Å². The van der Waals surface area contributed by atoms with Crippen LogP contribution in [0, 0.1) is 11.8 Å². The largest absolute Gasteiger partial charge is 0.391 e. The van der Waals surface area contributed by atoms with Crippen molar-refractivity contribution in [3.8, 4) is 0 Å². The first-order valence-electron chi connectivity index (χ1n) is 6.28. The second-order valence-corrected chi connectivity index (χ2v) is 5.04. The van der Waals surface area contributed by atoms with Crippen LogP contribution in [0.1, 0.15) is 39.5 Å². The van der Waals surface area contributed by atoms with Gasteiger partial charge in [-0.05, 0) is 31.8 Å². The van der Waals surface area contributed by atoms with E-state index in [2.05, 4.69) is 19.2 Å². The highest BCUT2D eigenvalue weighted by Gasteiger charge is 2.28. The van der Waals surface area contributed by atoms with E-state index < -0.39 is 0 Å². The zero-order valence-corrected chi connectivity index (χ0v) is 10.1. The molecule has 3 atom stereocenters. The van der Waals surface area contributed by atoms with Crippen LogP contribution < -0.4 is 11.1 Å². The molecule has 1 saturated heterocycles. The fraction of sp³-hybridized carbons (Fsp3) is 1.00. The molecule has 15 heavy (non-hydrogen) atoms. The molecule has 3 nitrogen and oxygen atoms in total. The van der Waals surface area contributed by atoms with Gasteiger partial charge in [-0.2, -0.15) is 0 Å². The summed E-state index contributed by atoms with van der Waals surface area (Å²) >= 11 is 0. The second-order valence-electron chi connectivity index (χ2n) is 5.04. The van der Waals surface area contributed by atoms with Gasteiger partial charge >= 0.3 is 0 Å². The van der Waals surface area contributed by atoms with E-state index in [9.17, 15) is 5.11 Å². The molecule has 1 heterocycles. The van der Waals surface area contributed by atoms with Crippen LogP contribution >= 0.6 is 0 Å². The highest BCUT2D eigenvalue weighted by molar-refractivity contribution is 4.85. The Morgan fingerprint density at radius 1 is 1.33 bits per heavy atom. The Kier molecular flexibility index (Phi) is 5.58. The zero-order valence-electron chi connectivity index (χ0n) is 10.1. The lowest BCUT2D eigenvalue weighted by Gasteiger charge is -2.31. The summed E-state index contributed by atoms with van der Waals surface area (Å²) in [6.07, 6.45) is 4.55. The molecule has 1 aliphatic heterocycles. The SMILES string of the molecule is CC(C)C(CN)C(O)C1CCCCCN1. The molecule has 1 fully saturated rings. The summed E-state index contributed by atoms with van der Waals surface area (Å²) in [6, 6.07) is 0.253. The molecule has 0 aliphatic carbocycles. The maximum absolute atomic E-state index is 10.3. The van der Waals surface area contributed by atoms with E-state index in [1.807, 2.05) is 0 Å². The van der Waals surface area contributed by atoms with Gasteiger partial charge in [0.05, 0.1) is 6.10 Å². The fourth-order valence-electron chi connectivity index (χ4n) is 2.45. The highest BCUT2D eigenvalue weighted by atomic mass is 16.3. The van der Waals surface area contributed by atoms with Gasteiger partial charge in [-0.3, -0.25) is 0 Å². The lowest BCUT2D eigenvalue weighted by molar-refractivity contribution is 0.0493. The van der Waals surface area contributed by atoms with Gasteiger partial charge in [-0.1, -0.05) is 26.7 Å². The van der Waals surface area contributed by atoms with E-state index >= 15 is 0 Å². The highest BCUT2D eigenvalue weighted by Crippen LogP contribution is 2.21. The zero-order chi connectivity index (χ0) is 11.3. The lowest BCUT2D eigenvalue weighted by Crippen LogP contribution is -2.47. The number of nitrogens with two attached hydrogens (primary N) is 1. The van der Waals surface area contributed by atoms with Gasteiger partial charge in [0.1, 0.15) is 0 Å². The number of rotatable bonds is 4. The Bertz CT molecular complexity index is 165. The summed E-state index contributed by atoms with van der Waals surface area (Å²) < 4.78 is 0. The third-order valence-electron chi connectivity index (χ3n) is 3.58. The molecule has 0 amide bonds. The molecule has 4 N–H and O–H groups in total. The first-order valence-corrected chi connectivity index (χ1v) is 6.28. The first-order chi connectivity index (χ1) is 7.16. The van der Waals surface area contributed by atoms with E-state index in [1.165, 1.54) is 19.3 Å². The molecule has 0 saturated carbocycles. The van der Waals surface area contributed by atoms with Crippen molar-refractivity contribution in [2.24, 2.45) is 17.6 Å². The maximum Gasteiger partial charge on any atom is 0.0735 e. The minimum Gasteiger partial charge on any atom is -0.391 e. The molecule has 0 aromatic rings. The summed E-state index contributed by atoms with van der Waals surface area (Å²) in [5.41, 5.74) is 5.73. The summed E-state index contributed by atoms with van der Waals surface area (Å²) in [4.78, 5) is 0. The molecule has 1 aliphatic rings. The van der Waals surface area contributed by atoms with Gasteiger partial charge in [0.15, 0.2) is 0 Å². The van der Waals surface area contributed by atoms with Crippen molar-refractivity contribution < 1.29 is 5.11 Å². The Morgan fingerprint density at radius 3 is 2.67 bits per heavy atom. The molecule has 0 radical (unpaired) electrons. The smallest absolute Gasteiger partial charge is 0.0735 e. The number of hydrogen-bond donors (Lipinski definition) is 3. The Balaban J connectivity index is 2.51. The molecule has 0 aromatic heterocycles. The molecule has 3 heteroatoms. The summed E-state index contributed by atoms with van der Waals surface area (Å²) in [6.45, 7) is 5.89. The predicted octanol–water partition coefficient (Wildman–Crippen LogP) is 1.11. The van der Waals surface area contributed by atoms with Crippen molar-refractivity contribution in [3.63, 3.8) is 0 Å². The molecular formula is C12H26N2O. The third-order valence-corrected chi connectivity index (χ3v) is 3.58. The van der Waals surface area contributed by atoms with Gasteiger partial charge in [0.2, 0.25) is 0 Å². The molecule has 3 unspecified atom stereocenters. The predicted molar refractivity (Wildman–Crippen MR) is 63.6 cm³/mol. The van der Waals surface area contributed by atoms with Gasteiger partial charge in [-0.25, -0.2) is 0 Å². The van der Waals surface area contributed by atoms with Gasteiger partial charge in [-0.15, -0.1) is 0 Å². The molecular weight excluding hydrogens is 188 g/mol. The standard InChI is InChI=1S/C12H26N2O/c1-9(2)10(8-13)12(15)11-6-4-3-5-7-14-11/h9-12,14-15H,3-8,13H2,1-2H3. The van der Waals surface area contributed by atoms with Gasteiger partial charge in [0, 0.05) is 12.0 Å². The summed E-state index contributed by atoms with van der Waals surface area (Å²) in [5.74, 6) is 0.677. The Hall–Kier alpha value is -0.120. The van der Waals surface area contributed by atoms with E-state index in [4.69, 9.17) is 5.73 Å². The lowest BCUT2D eigenvalue weighted by atomic mass is 9.85. The molecule has 0 bridgehead atoms. The van der Waals surface area contributed by atoms with E-state index in [1.54, 1.807) is 0 Å². The average Bonchev–Trinajstić information content (AvgIpc) is 2.45. The van der Waals surface area contributed by atoms with Crippen molar-refractivity contribution in [2.45, 2.75) is 51.7 Å². The van der Waals surface area contributed by atoms with E-state index in [0.29, 0.717) is 12.5 Å². The van der Waals surface area contributed by atoms with Crippen molar-refractivity contribution in [3.05, 3.63) is 0 Å². The molecule has 0 spiro atoms. The number of hydrogen-bond acceptors (Lipinski definition) is 3. The number of aliphatic hydroxyl groups is 1. The van der Waals surface area contributed by atoms with E-state index in [-0.39, 0.29) is 18.1 Å². The van der Waals surface area contributed by atoms with Crippen molar-refractivity contribution in [1.29, 1.82) is 0 Å². The molecule has 0 aromatic carbocycles. The average molecular weight is 214 g/mol. The maximum atomic E-state index is 10.3. The summed E-state index contributed by atoms with van der Waals surface area (Å²) in [7, 11) is 0. The second kappa shape index (κ2) is 6.46. The van der Waals surface area contributed by atoms with Crippen LogP contribution in [-0.2, 0) is 0 Å². The van der Waals surface area contributed by atoms with Crippen LogP contribution in [-0.4, -0.2) is 30.3 Å². The van der Waals surface area contributed by atoms with Crippen LogP contribution in [0.25, 0.3) is 0 Å². The Morgan fingerprint density at radius 2 is 2.07 bits per heavy atom. The number of nitrogens with one attached hydrogen (secondary N) is 1. The van der Waals surface area contributed by atoms with Gasteiger partial charge < -0.3 is 16.2 Å².